The zero-order valence-corrected chi connectivity index (χ0v) is 9.65. The molecule has 0 aromatic carbocycles. The first-order valence-corrected chi connectivity index (χ1v) is 5.52. The molecule has 0 aliphatic carbocycles. The van der Waals surface area contributed by atoms with Crippen molar-refractivity contribution in [2.75, 3.05) is 0 Å². The van der Waals surface area contributed by atoms with Crippen LogP contribution in [0.4, 0.5) is 0 Å². The number of nitrogens with two attached hydrogens (primary N) is 1. The summed E-state index contributed by atoms with van der Waals surface area (Å²) in [5, 5.41) is 8.76. The second-order valence-electron chi connectivity index (χ2n) is 3.88. The second kappa shape index (κ2) is 5.37. The fraction of sp³-hybridized carbons (Fsp3) is 0.154. The lowest BCUT2D eigenvalue weighted by Gasteiger charge is -2.07. The van der Waals surface area contributed by atoms with E-state index >= 15 is 0 Å². The molecule has 2 heterocycles. The van der Waals surface area contributed by atoms with Crippen molar-refractivity contribution >= 4 is 5.97 Å². The SMILES string of the molecule is N[C@H](Cc1cccc(-c2ccccn2)n1)C(=O)O. The number of hydrogen-bond acceptors (Lipinski definition) is 4. The topological polar surface area (TPSA) is 89.1 Å². The van der Waals surface area contributed by atoms with Gasteiger partial charge in [0.2, 0.25) is 0 Å². The van der Waals surface area contributed by atoms with Gasteiger partial charge in [-0.05, 0) is 24.3 Å². The standard InChI is InChI=1S/C13H13N3O2/c14-10(13(17)18)8-9-4-3-6-12(16-9)11-5-1-2-7-15-11/h1-7,10H,8,14H2,(H,17,18)/t10-/m1/s1. The second-order valence-corrected chi connectivity index (χ2v) is 3.88. The van der Waals surface area contributed by atoms with Crippen LogP contribution < -0.4 is 5.73 Å². The van der Waals surface area contributed by atoms with E-state index < -0.39 is 12.0 Å². The van der Waals surface area contributed by atoms with Gasteiger partial charge in [0, 0.05) is 18.3 Å². The Kier molecular flexibility index (Phi) is 3.64. The number of pyridine rings is 2. The van der Waals surface area contributed by atoms with E-state index in [9.17, 15) is 4.79 Å². The zero-order valence-electron chi connectivity index (χ0n) is 9.65. The van der Waals surface area contributed by atoms with Crippen molar-refractivity contribution in [3.63, 3.8) is 0 Å². The van der Waals surface area contributed by atoms with E-state index in [0.717, 1.165) is 5.69 Å². The Balaban J connectivity index is 2.23. The first-order valence-electron chi connectivity index (χ1n) is 5.52. The molecular formula is C13H13N3O2. The fourth-order valence-electron chi connectivity index (χ4n) is 1.56. The van der Waals surface area contributed by atoms with Crippen LogP contribution in [0.1, 0.15) is 5.69 Å². The molecule has 1 atom stereocenters. The molecule has 3 N–H and O–H groups in total. The van der Waals surface area contributed by atoms with Gasteiger partial charge in [-0.3, -0.25) is 14.8 Å². The molecule has 2 rings (SSSR count). The number of aliphatic carboxylic acids is 1. The van der Waals surface area contributed by atoms with Crippen LogP contribution in [0.3, 0.4) is 0 Å². The molecule has 0 aliphatic rings. The van der Waals surface area contributed by atoms with Gasteiger partial charge in [-0.1, -0.05) is 12.1 Å². The minimum Gasteiger partial charge on any atom is -0.480 e. The molecule has 0 saturated heterocycles. The zero-order chi connectivity index (χ0) is 13.0. The highest BCUT2D eigenvalue weighted by Crippen LogP contribution is 2.14. The summed E-state index contributed by atoms with van der Waals surface area (Å²) in [6.45, 7) is 0. The maximum absolute atomic E-state index is 10.7. The minimum atomic E-state index is -1.03. The van der Waals surface area contributed by atoms with Crippen LogP contribution >= 0.6 is 0 Å². The molecule has 2 aromatic heterocycles. The molecule has 0 amide bonds. The molecule has 0 unspecified atom stereocenters. The number of aromatic nitrogens is 2. The third-order valence-electron chi connectivity index (χ3n) is 2.48. The maximum Gasteiger partial charge on any atom is 0.320 e. The Bertz CT molecular complexity index is 543. The molecule has 0 spiro atoms. The van der Waals surface area contributed by atoms with Crippen LogP contribution in [-0.2, 0) is 11.2 Å². The van der Waals surface area contributed by atoms with Gasteiger partial charge in [-0.15, -0.1) is 0 Å². The van der Waals surface area contributed by atoms with Crippen LogP contribution in [0.5, 0.6) is 0 Å². The number of carbonyl (C=O) groups is 1. The summed E-state index contributed by atoms with van der Waals surface area (Å²) in [6, 6.07) is 10.0. The van der Waals surface area contributed by atoms with Crippen molar-refractivity contribution in [2.45, 2.75) is 12.5 Å². The van der Waals surface area contributed by atoms with Crippen molar-refractivity contribution in [1.29, 1.82) is 0 Å². The average molecular weight is 243 g/mol. The summed E-state index contributed by atoms with van der Waals surface area (Å²) < 4.78 is 0. The highest BCUT2D eigenvalue weighted by molar-refractivity contribution is 5.73. The summed E-state index contributed by atoms with van der Waals surface area (Å²) in [5.41, 5.74) is 7.60. The first kappa shape index (κ1) is 12.2. The Morgan fingerprint density at radius 3 is 2.67 bits per heavy atom. The van der Waals surface area contributed by atoms with Crippen LogP contribution in [0.15, 0.2) is 42.6 Å². The van der Waals surface area contributed by atoms with E-state index in [4.69, 9.17) is 10.8 Å². The third-order valence-corrected chi connectivity index (χ3v) is 2.48. The Morgan fingerprint density at radius 2 is 2.00 bits per heavy atom. The maximum atomic E-state index is 10.7. The molecule has 0 fully saturated rings. The van der Waals surface area contributed by atoms with Crippen molar-refractivity contribution < 1.29 is 9.90 Å². The van der Waals surface area contributed by atoms with Gasteiger partial charge >= 0.3 is 5.97 Å². The third kappa shape index (κ3) is 2.89. The lowest BCUT2D eigenvalue weighted by molar-refractivity contribution is -0.138. The number of hydrogen-bond donors (Lipinski definition) is 2. The van der Waals surface area contributed by atoms with Crippen molar-refractivity contribution in [1.82, 2.24) is 9.97 Å². The smallest absolute Gasteiger partial charge is 0.320 e. The van der Waals surface area contributed by atoms with Crippen molar-refractivity contribution in [3.8, 4) is 11.4 Å². The summed E-state index contributed by atoms with van der Waals surface area (Å²) in [6.07, 6.45) is 1.89. The Labute approximate surface area is 104 Å². The molecule has 5 heteroatoms. The monoisotopic (exact) mass is 243 g/mol. The van der Waals surface area contributed by atoms with Gasteiger partial charge in [-0.2, -0.15) is 0 Å². The van der Waals surface area contributed by atoms with Gasteiger partial charge in [-0.25, -0.2) is 0 Å². The molecule has 18 heavy (non-hydrogen) atoms. The van der Waals surface area contributed by atoms with E-state index in [1.165, 1.54) is 0 Å². The van der Waals surface area contributed by atoms with E-state index in [1.807, 2.05) is 30.3 Å². The number of carboxylic acids is 1. The summed E-state index contributed by atoms with van der Waals surface area (Å²) in [5.74, 6) is -1.03. The molecule has 5 nitrogen and oxygen atoms in total. The Hall–Kier alpha value is -2.27. The predicted molar refractivity (Wildman–Crippen MR) is 66.8 cm³/mol. The summed E-state index contributed by atoms with van der Waals surface area (Å²) in [4.78, 5) is 19.2. The highest BCUT2D eigenvalue weighted by atomic mass is 16.4. The molecule has 0 bridgehead atoms. The number of nitrogens with zero attached hydrogens (tertiary/aromatic N) is 2. The fourth-order valence-corrected chi connectivity index (χ4v) is 1.56. The normalized spacial score (nSPS) is 12.1. The van der Waals surface area contributed by atoms with Gasteiger partial charge < -0.3 is 10.8 Å². The quantitative estimate of drug-likeness (QED) is 0.839. The molecule has 0 saturated carbocycles. The van der Waals surface area contributed by atoms with Crippen LogP contribution in [0.2, 0.25) is 0 Å². The molecule has 0 aliphatic heterocycles. The van der Waals surface area contributed by atoms with Crippen molar-refractivity contribution in [2.24, 2.45) is 5.73 Å². The number of rotatable bonds is 4. The van der Waals surface area contributed by atoms with Crippen LogP contribution in [-0.4, -0.2) is 27.1 Å². The first-order chi connectivity index (χ1) is 8.66. The molecule has 0 radical (unpaired) electrons. The van der Waals surface area contributed by atoms with E-state index in [2.05, 4.69) is 9.97 Å². The summed E-state index contributed by atoms with van der Waals surface area (Å²) >= 11 is 0. The average Bonchev–Trinajstić information content (AvgIpc) is 2.40. The minimum absolute atomic E-state index is 0.204. The lowest BCUT2D eigenvalue weighted by atomic mass is 10.1. The van der Waals surface area contributed by atoms with Gasteiger partial charge in [0.25, 0.3) is 0 Å². The van der Waals surface area contributed by atoms with E-state index in [0.29, 0.717) is 11.4 Å². The van der Waals surface area contributed by atoms with Gasteiger partial charge in [0.15, 0.2) is 0 Å². The van der Waals surface area contributed by atoms with Gasteiger partial charge in [0.05, 0.1) is 11.4 Å². The molecular weight excluding hydrogens is 230 g/mol. The molecule has 2 aromatic rings. The van der Waals surface area contributed by atoms with Crippen LogP contribution in [0.25, 0.3) is 11.4 Å². The van der Waals surface area contributed by atoms with E-state index in [-0.39, 0.29) is 6.42 Å². The molecule has 92 valence electrons. The van der Waals surface area contributed by atoms with Gasteiger partial charge in [0.1, 0.15) is 6.04 Å². The predicted octanol–water partition coefficient (Wildman–Crippen LogP) is 1.10. The lowest BCUT2D eigenvalue weighted by Crippen LogP contribution is -2.32. The van der Waals surface area contributed by atoms with Crippen molar-refractivity contribution in [3.05, 3.63) is 48.3 Å². The van der Waals surface area contributed by atoms with E-state index in [1.54, 1.807) is 12.3 Å². The largest absolute Gasteiger partial charge is 0.480 e. The van der Waals surface area contributed by atoms with Crippen LogP contribution in [0, 0.1) is 0 Å². The summed E-state index contributed by atoms with van der Waals surface area (Å²) in [7, 11) is 0. The Morgan fingerprint density at radius 1 is 1.22 bits per heavy atom. The number of carboxylic acid groups (broad SMARTS) is 1. The highest BCUT2D eigenvalue weighted by Gasteiger charge is 2.13.